The lowest BCUT2D eigenvalue weighted by Gasteiger charge is -2.16. The molecule has 1 aliphatic rings. The lowest BCUT2D eigenvalue weighted by Crippen LogP contribution is -2.05. The van der Waals surface area contributed by atoms with Crippen LogP contribution >= 0.6 is 0 Å². The highest BCUT2D eigenvalue weighted by molar-refractivity contribution is 5.78. The molecule has 0 aliphatic heterocycles. The van der Waals surface area contributed by atoms with E-state index in [-0.39, 0.29) is 6.04 Å². The summed E-state index contributed by atoms with van der Waals surface area (Å²) in [7, 11) is 1.74. The minimum Gasteiger partial charge on any atom is -0.496 e. The van der Waals surface area contributed by atoms with Crippen molar-refractivity contribution in [3.63, 3.8) is 0 Å². The third kappa shape index (κ3) is 2.01. The number of nitrogens with two attached hydrogens (primary N) is 1. The van der Waals surface area contributed by atoms with Gasteiger partial charge in [-0.3, -0.25) is 0 Å². The van der Waals surface area contributed by atoms with Crippen LogP contribution in [0.4, 0.5) is 0 Å². The molecule has 0 fully saturated rings. The third-order valence-corrected chi connectivity index (χ3v) is 4.25. The van der Waals surface area contributed by atoms with E-state index in [0.717, 1.165) is 18.6 Å². The number of aryl methyl sites for hydroxylation is 2. The van der Waals surface area contributed by atoms with Gasteiger partial charge in [0.2, 0.25) is 0 Å². The molecular formula is C18H21NO. The van der Waals surface area contributed by atoms with Gasteiger partial charge in [-0.15, -0.1) is 0 Å². The molecule has 3 rings (SSSR count). The molecule has 2 heteroatoms. The van der Waals surface area contributed by atoms with E-state index in [1.54, 1.807) is 7.11 Å². The van der Waals surface area contributed by atoms with E-state index in [4.69, 9.17) is 10.5 Å². The van der Waals surface area contributed by atoms with Crippen LogP contribution in [0.3, 0.4) is 0 Å². The summed E-state index contributed by atoms with van der Waals surface area (Å²) < 4.78 is 5.62. The Morgan fingerprint density at radius 2 is 2.00 bits per heavy atom. The number of hydrogen-bond acceptors (Lipinski definition) is 2. The summed E-state index contributed by atoms with van der Waals surface area (Å²) in [5.74, 6) is 0.955. The van der Waals surface area contributed by atoms with Crippen molar-refractivity contribution in [2.75, 3.05) is 7.11 Å². The predicted octanol–water partition coefficient (Wildman–Crippen LogP) is 3.93. The highest BCUT2D eigenvalue weighted by Gasteiger charge is 2.23. The fraction of sp³-hybridized carbons (Fsp3) is 0.333. The van der Waals surface area contributed by atoms with Crippen LogP contribution in [-0.4, -0.2) is 7.11 Å². The van der Waals surface area contributed by atoms with Crippen LogP contribution in [0.25, 0.3) is 11.1 Å². The first-order chi connectivity index (χ1) is 9.61. The zero-order chi connectivity index (χ0) is 14.3. The summed E-state index contributed by atoms with van der Waals surface area (Å²) in [5.41, 5.74) is 13.9. The Bertz CT molecular complexity index is 661. The molecular weight excluding hydrogens is 246 g/mol. The number of fused-ring (bicyclic) bond motifs is 1. The fourth-order valence-electron chi connectivity index (χ4n) is 3.36. The standard InChI is InChI=1S/C18H21NO/c1-11-9-12(2)18(17(10-11)20-3)15-6-4-5-14-13(15)7-8-16(14)19/h4-6,9-10,16H,7-8,19H2,1-3H3. The van der Waals surface area contributed by atoms with Gasteiger partial charge >= 0.3 is 0 Å². The minimum atomic E-state index is 0.182. The predicted molar refractivity (Wildman–Crippen MR) is 83.2 cm³/mol. The third-order valence-electron chi connectivity index (χ3n) is 4.25. The highest BCUT2D eigenvalue weighted by atomic mass is 16.5. The molecule has 2 nitrogen and oxygen atoms in total. The number of hydrogen-bond donors (Lipinski definition) is 1. The Labute approximate surface area is 120 Å². The van der Waals surface area contributed by atoms with Crippen LogP contribution in [-0.2, 0) is 6.42 Å². The number of methoxy groups -OCH3 is 1. The first-order valence-corrected chi connectivity index (χ1v) is 7.14. The normalized spacial score (nSPS) is 17.1. The Kier molecular flexibility index (Phi) is 3.27. The second-order valence-electron chi connectivity index (χ2n) is 5.68. The van der Waals surface area contributed by atoms with Crippen molar-refractivity contribution in [1.82, 2.24) is 0 Å². The molecule has 104 valence electrons. The maximum atomic E-state index is 6.19. The van der Waals surface area contributed by atoms with Gasteiger partial charge in [-0.25, -0.2) is 0 Å². The van der Waals surface area contributed by atoms with Gasteiger partial charge in [-0.1, -0.05) is 24.3 Å². The summed E-state index contributed by atoms with van der Waals surface area (Å²) in [6.07, 6.45) is 2.10. The summed E-state index contributed by atoms with van der Waals surface area (Å²) in [6.45, 7) is 4.25. The molecule has 0 amide bonds. The first-order valence-electron chi connectivity index (χ1n) is 7.14. The van der Waals surface area contributed by atoms with Gasteiger partial charge in [-0.05, 0) is 60.6 Å². The van der Waals surface area contributed by atoms with Gasteiger partial charge in [0, 0.05) is 11.6 Å². The van der Waals surface area contributed by atoms with Crippen molar-refractivity contribution in [2.45, 2.75) is 32.7 Å². The molecule has 20 heavy (non-hydrogen) atoms. The number of ether oxygens (including phenoxy) is 1. The molecule has 0 heterocycles. The first kappa shape index (κ1) is 13.2. The van der Waals surface area contributed by atoms with E-state index in [0.29, 0.717) is 0 Å². The van der Waals surface area contributed by atoms with Crippen LogP contribution in [0.15, 0.2) is 30.3 Å². The van der Waals surface area contributed by atoms with E-state index in [1.807, 2.05) is 0 Å². The Morgan fingerprint density at radius 1 is 1.20 bits per heavy atom. The van der Waals surface area contributed by atoms with Crippen molar-refractivity contribution in [1.29, 1.82) is 0 Å². The molecule has 0 saturated carbocycles. The molecule has 0 saturated heterocycles. The van der Waals surface area contributed by atoms with Gasteiger partial charge in [0.25, 0.3) is 0 Å². The van der Waals surface area contributed by atoms with E-state index in [2.05, 4.69) is 44.2 Å². The average molecular weight is 267 g/mol. The summed E-state index contributed by atoms with van der Waals surface area (Å²) in [5, 5.41) is 0. The molecule has 1 atom stereocenters. The lowest BCUT2D eigenvalue weighted by molar-refractivity contribution is 0.416. The average Bonchev–Trinajstić information content (AvgIpc) is 2.80. The topological polar surface area (TPSA) is 35.2 Å². The zero-order valence-electron chi connectivity index (χ0n) is 12.4. The van der Waals surface area contributed by atoms with E-state index in [9.17, 15) is 0 Å². The number of benzene rings is 2. The van der Waals surface area contributed by atoms with Crippen LogP contribution < -0.4 is 10.5 Å². The van der Waals surface area contributed by atoms with Crippen LogP contribution in [0, 0.1) is 13.8 Å². The molecule has 0 aromatic heterocycles. The van der Waals surface area contributed by atoms with Crippen LogP contribution in [0.1, 0.15) is 34.7 Å². The van der Waals surface area contributed by atoms with Gasteiger partial charge in [0.05, 0.1) is 7.11 Å². The van der Waals surface area contributed by atoms with Gasteiger partial charge in [0.1, 0.15) is 5.75 Å². The maximum absolute atomic E-state index is 6.19. The molecule has 0 bridgehead atoms. The number of rotatable bonds is 2. The highest BCUT2D eigenvalue weighted by Crippen LogP contribution is 2.41. The summed E-state index contributed by atoms with van der Waals surface area (Å²) in [6, 6.07) is 11.0. The zero-order valence-corrected chi connectivity index (χ0v) is 12.4. The Morgan fingerprint density at radius 3 is 2.75 bits per heavy atom. The monoisotopic (exact) mass is 267 g/mol. The molecule has 0 radical (unpaired) electrons. The SMILES string of the molecule is COc1cc(C)cc(C)c1-c1cccc2c1CCC2N. The van der Waals surface area contributed by atoms with Crippen molar-refractivity contribution in [2.24, 2.45) is 5.73 Å². The molecule has 2 N–H and O–H groups in total. The van der Waals surface area contributed by atoms with E-state index >= 15 is 0 Å². The summed E-state index contributed by atoms with van der Waals surface area (Å²) in [4.78, 5) is 0. The van der Waals surface area contributed by atoms with Gasteiger partial charge < -0.3 is 10.5 Å². The molecule has 2 aromatic carbocycles. The summed E-state index contributed by atoms with van der Waals surface area (Å²) >= 11 is 0. The van der Waals surface area contributed by atoms with E-state index in [1.165, 1.54) is 33.4 Å². The van der Waals surface area contributed by atoms with Gasteiger partial charge in [0.15, 0.2) is 0 Å². The maximum Gasteiger partial charge on any atom is 0.127 e. The quantitative estimate of drug-likeness (QED) is 0.895. The lowest BCUT2D eigenvalue weighted by atomic mass is 9.92. The smallest absolute Gasteiger partial charge is 0.127 e. The molecule has 0 spiro atoms. The Hall–Kier alpha value is -1.80. The van der Waals surface area contributed by atoms with Crippen molar-refractivity contribution in [3.05, 3.63) is 52.6 Å². The second kappa shape index (κ2) is 4.95. The fourth-order valence-corrected chi connectivity index (χ4v) is 3.36. The largest absolute Gasteiger partial charge is 0.496 e. The molecule has 1 aliphatic carbocycles. The van der Waals surface area contributed by atoms with Crippen molar-refractivity contribution < 1.29 is 4.74 Å². The van der Waals surface area contributed by atoms with E-state index < -0.39 is 0 Å². The minimum absolute atomic E-state index is 0.182. The van der Waals surface area contributed by atoms with Crippen LogP contribution in [0.2, 0.25) is 0 Å². The molecule has 2 aromatic rings. The molecule has 1 unspecified atom stereocenters. The van der Waals surface area contributed by atoms with Crippen LogP contribution in [0.5, 0.6) is 5.75 Å². The van der Waals surface area contributed by atoms with Gasteiger partial charge in [-0.2, -0.15) is 0 Å². The Balaban J connectivity index is 2.25. The van der Waals surface area contributed by atoms with Crippen molar-refractivity contribution >= 4 is 0 Å². The second-order valence-corrected chi connectivity index (χ2v) is 5.68. The van der Waals surface area contributed by atoms with Crippen molar-refractivity contribution in [3.8, 4) is 16.9 Å².